The van der Waals surface area contributed by atoms with Crippen LogP contribution in [0.25, 0.3) is 0 Å². The van der Waals surface area contributed by atoms with Gasteiger partial charge >= 0.3 is 6.03 Å². The Morgan fingerprint density at radius 2 is 1.73 bits per heavy atom. The molecule has 164 valence electrons. The highest BCUT2D eigenvalue weighted by Gasteiger charge is 2.31. The van der Waals surface area contributed by atoms with E-state index in [1.165, 1.54) is 12.5 Å². The minimum absolute atomic E-state index is 0.000587. The number of likely N-dealkylation sites (tertiary alicyclic amines) is 1. The van der Waals surface area contributed by atoms with E-state index in [-0.39, 0.29) is 29.4 Å². The molecule has 1 saturated carbocycles. The number of hydrogen-bond acceptors (Lipinski definition) is 4. The Bertz CT molecular complexity index is 906. The Morgan fingerprint density at radius 3 is 2.47 bits per heavy atom. The molecule has 0 unspecified atom stereocenters. The molecule has 3 amide bonds. The highest BCUT2D eigenvalue weighted by molar-refractivity contribution is 7.89. The largest absolute Gasteiger partial charge is 0.352 e. The SMILES string of the molecule is O=C(CNS(=O)(=O)c1ccc2c(c1)CCN2C(=O)N1CCCC1)NC1CCCCC1. The molecule has 2 heterocycles. The topological polar surface area (TPSA) is 98.8 Å². The van der Waals surface area contributed by atoms with Crippen molar-refractivity contribution in [3.05, 3.63) is 23.8 Å². The van der Waals surface area contributed by atoms with E-state index in [0.29, 0.717) is 13.0 Å². The fourth-order valence-corrected chi connectivity index (χ4v) is 5.63. The molecule has 9 heteroatoms. The van der Waals surface area contributed by atoms with Crippen LogP contribution in [0.4, 0.5) is 10.5 Å². The van der Waals surface area contributed by atoms with Gasteiger partial charge in [0.25, 0.3) is 0 Å². The van der Waals surface area contributed by atoms with Crippen molar-refractivity contribution < 1.29 is 18.0 Å². The highest BCUT2D eigenvalue weighted by Crippen LogP contribution is 2.31. The molecule has 1 aromatic carbocycles. The fourth-order valence-electron chi connectivity index (χ4n) is 4.59. The maximum atomic E-state index is 12.7. The summed E-state index contributed by atoms with van der Waals surface area (Å²) < 4.78 is 27.8. The number of sulfonamides is 1. The van der Waals surface area contributed by atoms with Gasteiger partial charge in [0.05, 0.1) is 11.4 Å². The summed E-state index contributed by atoms with van der Waals surface area (Å²) in [7, 11) is -3.80. The predicted octanol–water partition coefficient (Wildman–Crippen LogP) is 1.99. The number of amides is 3. The lowest BCUT2D eigenvalue weighted by Gasteiger charge is -2.24. The second-order valence-electron chi connectivity index (χ2n) is 8.40. The normalized spacial score (nSPS) is 19.7. The number of rotatable bonds is 5. The molecule has 0 aromatic heterocycles. The van der Waals surface area contributed by atoms with Crippen LogP contribution in [0.3, 0.4) is 0 Å². The summed E-state index contributed by atoms with van der Waals surface area (Å²) in [5.41, 5.74) is 1.62. The zero-order valence-corrected chi connectivity index (χ0v) is 18.0. The number of carbonyl (C=O) groups is 2. The molecule has 0 atom stereocenters. The van der Waals surface area contributed by atoms with Crippen LogP contribution in [0.1, 0.15) is 50.5 Å². The molecule has 0 radical (unpaired) electrons. The quantitative estimate of drug-likeness (QED) is 0.740. The number of nitrogens with one attached hydrogen (secondary N) is 2. The molecule has 2 aliphatic heterocycles. The second-order valence-corrected chi connectivity index (χ2v) is 10.2. The van der Waals surface area contributed by atoms with Crippen LogP contribution in [-0.4, -0.2) is 57.5 Å². The molecule has 0 spiro atoms. The van der Waals surface area contributed by atoms with Gasteiger partial charge in [-0.15, -0.1) is 0 Å². The molecule has 1 aliphatic carbocycles. The summed E-state index contributed by atoms with van der Waals surface area (Å²) in [6, 6.07) is 4.98. The Morgan fingerprint density at radius 1 is 1.00 bits per heavy atom. The summed E-state index contributed by atoms with van der Waals surface area (Å²) in [6.45, 7) is 1.86. The van der Waals surface area contributed by atoms with E-state index in [1.807, 2.05) is 4.90 Å². The number of benzene rings is 1. The molecule has 3 aliphatic rings. The summed E-state index contributed by atoms with van der Waals surface area (Å²) in [4.78, 5) is 28.6. The second kappa shape index (κ2) is 8.93. The van der Waals surface area contributed by atoms with Crippen molar-refractivity contribution in [1.29, 1.82) is 0 Å². The third-order valence-electron chi connectivity index (χ3n) is 6.26. The number of hydrogen-bond donors (Lipinski definition) is 2. The van der Waals surface area contributed by atoms with Crippen molar-refractivity contribution in [3.63, 3.8) is 0 Å². The van der Waals surface area contributed by atoms with Crippen LogP contribution in [0, 0.1) is 0 Å². The summed E-state index contributed by atoms with van der Waals surface area (Å²) in [5, 5.41) is 2.91. The minimum Gasteiger partial charge on any atom is -0.352 e. The van der Waals surface area contributed by atoms with E-state index in [4.69, 9.17) is 0 Å². The van der Waals surface area contributed by atoms with E-state index in [1.54, 1.807) is 17.0 Å². The van der Waals surface area contributed by atoms with Gasteiger partial charge in [-0.3, -0.25) is 9.69 Å². The molecule has 1 aromatic rings. The molecule has 2 N–H and O–H groups in total. The van der Waals surface area contributed by atoms with Gasteiger partial charge < -0.3 is 10.2 Å². The summed E-state index contributed by atoms with van der Waals surface area (Å²) in [6.07, 6.45) is 7.99. The first-order valence-corrected chi connectivity index (χ1v) is 12.4. The molecule has 30 heavy (non-hydrogen) atoms. The first kappa shape index (κ1) is 21.1. The van der Waals surface area contributed by atoms with Crippen molar-refractivity contribution in [2.45, 2.75) is 62.3 Å². The number of anilines is 1. The Kier molecular flexibility index (Phi) is 6.29. The average Bonchev–Trinajstić information content (AvgIpc) is 3.42. The number of carbonyl (C=O) groups excluding carboxylic acids is 2. The molecular formula is C21H30N4O4S. The Labute approximate surface area is 178 Å². The van der Waals surface area contributed by atoms with E-state index >= 15 is 0 Å². The van der Waals surface area contributed by atoms with Crippen molar-refractivity contribution in [2.75, 3.05) is 31.1 Å². The summed E-state index contributed by atoms with van der Waals surface area (Å²) >= 11 is 0. The number of fused-ring (bicyclic) bond motifs is 1. The first-order chi connectivity index (χ1) is 14.4. The van der Waals surface area contributed by atoms with Crippen molar-refractivity contribution in [1.82, 2.24) is 14.9 Å². The maximum absolute atomic E-state index is 12.7. The van der Waals surface area contributed by atoms with Gasteiger partial charge in [0.2, 0.25) is 15.9 Å². The molecule has 1 saturated heterocycles. The number of nitrogens with zero attached hydrogens (tertiary/aromatic N) is 2. The van der Waals surface area contributed by atoms with Crippen LogP contribution in [-0.2, 0) is 21.2 Å². The van der Waals surface area contributed by atoms with Gasteiger partial charge in [-0.2, -0.15) is 0 Å². The fraction of sp³-hybridized carbons (Fsp3) is 0.619. The minimum atomic E-state index is -3.80. The molecule has 0 bridgehead atoms. The van der Waals surface area contributed by atoms with Crippen LogP contribution in [0.2, 0.25) is 0 Å². The van der Waals surface area contributed by atoms with Crippen molar-refractivity contribution in [3.8, 4) is 0 Å². The molecule has 8 nitrogen and oxygen atoms in total. The van der Waals surface area contributed by atoms with Crippen molar-refractivity contribution >= 4 is 27.6 Å². The zero-order chi connectivity index (χ0) is 21.1. The van der Waals surface area contributed by atoms with E-state index in [0.717, 1.165) is 62.9 Å². The monoisotopic (exact) mass is 434 g/mol. The van der Waals surface area contributed by atoms with Gasteiger partial charge in [0.1, 0.15) is 0 Å². The number of urea groups is 1. The van der Waals surface area contributed by atoms with Crippen LogP contribution in [0.15, 0.2) is 23.1 Å². The molecular weight excluding hydrogens is 404 g/mol. The van der Waals surface area contributed by atoms with Gasteiger partial charge in [-0.25, -0.2) is 17.9 Å². The van der Waals surface area contributed by atoms with Gasteiger partial charge in [0.15, 0.2) is 0 Å². The summed E-state index contributed by atoms with van der Waals surface area (Å²) in [5.74, 6) is -0.297. The predicted molar refractivity (Wildman–Crippen MR) is 114 cm³/mol. The maximum Gasteiger partial charge on any atom is 0.324 e. The Hall–Kier alpha value is -2.13. The van der Waals surface area contributed by atoms with Crippen LogP contribution in [0.5, 0.6) is 0 Å². The lowest BCUT2D eigenvalue weighted by Crippen LogP contribution is -2.42. The average molecular weight is 435 g/mol. The lowest BCUT2D eigenvalue weighted by molar-refractivity contribution is -0.120. The standard InChI is InChI=1S/C21H30N4O4S/c26-20(23-17-6-2-1-3-7-17)15-22-30(28,29)18-8-9-19-16(14-18)10-13-25(19)21(27)24-11-4-5-12-24/h8-9,14,17,22H,1-7,10-13,15H2,(H,23,26). The van der Waals surface area contributed by atoms with Crippen LogP contribution < -0.4 is 14.9 Å². The van der Waals surface area contributed by atoms with Crippen LogP contribution >= 0.6 is 0 Å². The Balaban J connectivity index is 1.38. The third-order valence-corrected chi connectivity index (χ3v) is 7.66. The lowest BCUT2D eigenvalue weighted by atomic mass is 9.95. The molecule has 4 rings (SSSR count). The smallest absolute Gasteiger partial charge is 0.324 e. The zero-order valence-electron chi connectivity index (χ0n) is 17.2. The van der Waals surface area contributed by atoms with E-state index < -0.39 is 10.0 Å². The molecule has 2 fully saturated rings. The van der Waals surface area contributed by atoms with Gasteiger partial charge in [-0.1, -0.05) is 19.3 Å². The van der Waals surface area contributed by atoms with Gasteiger partial charge in [0, 0.05) is 31.4 Å². The van der Waals surface area contributed by atoms with Crippen molar-refractivity contribution in [2.24, 2.45) is 0 Å². The highest BCUT2D eigenvalue weighted by atomic mass is 32.2. The van der Waals surface area contributed by atoms with Gasteiger partial charge in [-0.05, 0) is 55.9 Å². The van der Waals surface area contributed by atoms with E-state index in [9.17, 15) is 18.0 Å². The van der Waals surface area contributed by atoms with E-state index in [2.05, 4.69) is 10.0 Å². The third kappa shape index (κ3) is 4.62. The first-order valence-electron chi connectivity index (χ1n) is 10.9.